The molecule has 1 aromatic carbocycles. The maximum Gasteiger partial charge on any atom is 0.416 e. The van der Waals surface area contributed by atoms with Crippen molar-refractivity contribution in [3.05, 3.63) is 58.4 Å². The van der Waals surface area contributed by atoms with Gasteiger partial charge in [-0.1, -0.05) is 0 Å². The van der Waals surface area contributed by atoms with Gasteiger partial charge in [0, 0.05) is 31.6 Å². The van der Waals surface area contributed by atoms with Gasteiger partial charge in [0.25, 0.3) is 11.5 Å². The van der Waals surface area contributed by atoms with Crippen LogP contribution in [0.2, 0.25) is 0 Å². The Morgan fingerprint density at radius 2 is 2.03 bits per heavy atom. The fourth-order valence-corrected chi connectivity index (χ4v) is 5.38. The molecule has 1 aliphatic carbocycles. The predicted molar refractivity (Wildman–Crippen MR) is 133 cm³/mol. The van der Waals surface area contributed by atoms with Crippen molar-refractivity contribution in [1.29, 1.82) is 5.26 Å². The highest BCUT2D eigenvalue weighted by molar-refractivity contribution is 5.95. The van der Waals surface area contributed by atoms with E-state index in [9.17, 15) is 14.4 Å². The SMILES string of the molecule is N#Cc1ccc2c(ccc(=O)n2CCN[C@@H]2CC[C@@H]3[C@@H](C2)OC(=O)N3c2ccc3c(n2)NC(=O)CO3)c1. The van der Waals surface area contributed by atoms with E-state index in [0.717, 1.165) is 23.7 Å². The van der Waals surface area contributed by atoms with Crippen LogP contribution >= 0.6 is 0 Å². The number of pyridine rings is 2. The summed E-state index contributed by atoms with van der Waals surface area (Å²) >= 11 is 0. The quantitative estimate of drug-likeness (QED) is 0.543. The smallest absolute Gasteiger partial charge is 0.416 e. The van der Waals surface area contributed by atoms with E-state index in [1.165, 1.54) is 6.07 Å². The zero-order chi connectivity index (χ0) is 25.5. The Balaban J connectivity index is 1.10. The molecule has 188 valence electrons. The third-order valence-electron chi connectivity index (χ3n) is 7.13. The number of anilines is 2. The van der Waals surface area contributed by atoms with Gasteiger partial charge in [-0.3, -0.25) is 14.5 Å². The lowest BCUT2D eigenvalue weighted by atomic mass is 9.88. The second-order valence-corrected chi connectivity index (χ2v) is 9.39. The summed E-state index contributed by atoms with van der Waals surface area (Å²) in [6.45, 7) is 0.992. The predicted octanol–water partition coefficient (Wildman–Crippen LogP) is 2.14. The van der Waals surface area contributed by atoms with E-state index in [2.05, 4.69) is 21.7 Å². The lowest BCUT2D eigenvalue weighted by Gasteiger charge is -2.33. The maximum atomic E-state index is 12.8. The van der Waals surface area contributed by atoms with E-state index < -0.39 is 6.09 Å². The van der Waals surface area contributed by atoms with Crippen LogP contribution in [0.4, 0.5) is 16.4 Å². The van der Waals surface area contributed by atoms with Crippen LogP contribution in [0.15, 0.2) is 47.3 Å². The van der Waals surface area contributed by atoms with Gasteiger partial charge in [0.1, 0.15) is 11.9 Å². The zero-order valence-corrected chi connectivity index (χ0v) is 19.8. The highest BCUT2D eigenvalue weighted by Gasteiger charge is 2.46. The Kier molecular flexibility index (Phi) is 5.73. The molecule has 0 unspecified atom stereocenters. The van der Waals surface area contributed by atoms with E-state index >= 15 is 0 Å². The highest BCUT2D eigenvalue weighted by atomic mass is 16.6. The first-order valence-corrected chi connectivity index (χ1v) is 12.2. The molecule has 0 radical (unpaired) electrons. The number of hydrogen-bond donors (Lipinski definition) is 2. The molecule has 0 bridgehead atoms. The fraction of sp³-hybridized carbons (Fsp3) is 0.346. The van der Waals surface area contributed by atoms with Crippen molar-refractivity contribution < 1.29 is 19.1 Å². The zero-order valence-electron chi connectivity index (χ0n) is 19.8. The number of ether oxygens (including phenoxy) is 2. The van der Waals surface area contributed by atoms with Crippen LogP contribution in [-0.4, -0.2) is 52.9 Å². The molecule has 4 heterocycles. The molecule has 2 aromatic heterocycles. The van der Waals surface area contributed by atoms with Crippen LogP contribution in [0, 0.1) is 11.3 Å². The Labute approximate surface area is 211 Å². The molecule has 1 saturated heterocycles. The molecule has 2 aliphatic heterocycles. The summed E-state index contributed by atoms with van der Waals surface area (Å²) in [6.07, 6.45) is 1.46. The fourth-order valence-electron chi connectivity index (χ4n) is 5.38. The largest absolute Gasteiger partial charge is 0.480 e. The second-order valence-electron chi connectivity index (χ2n) is 9.39. The van der Waals surface area contributed by atoms with Gasteiger partial charge in [-0.2, -0.15) is 5.26 Å². The number of hydrogen-bond acceptors (Lipinski definition) is 8. The van der Waals surface area contributed by atoms with Crippen LogP contribution in [0.1, 0.15) is 24.8 Å². The normalized spacial score (nSPS) is 22.5. The molecule has 37 heavy (non-hydrogen) atoms. The number of carbonyl (C=O) groups is 2. The van der Waals surface area contributed by atoms with Gasteiger partial charge in [-0.05, 0) is 54.6 Å². The molecule has 3 aromatic rings. The summed E-state index contributed by atoms with van der Waals surface area (Å²) in [6, 6.07) is 14.1. The van der Waals surface area contributed by atoms with E-state index in [-0.39, 0.29) is 36.3 Å². The van der Waals surface area contributed by atoms with Crippen molar-refractivity contribution in [2.45, 2.75) is 44.0 Å². The number of fused-ring (bicyclic) bond motifs is 3. The molecule has 11 nitrogen and oxygen atoms in total. The number of nitrogens with zero attached hydrogens (tertiary/aromatic N) is 4. The number of benzene rings is 1. The number of nitrogens with one attached hydrogen (secondary N) is 2. The Bertz CT molecular complexity index is 1510. The van der Waals surface area contributed by atoms with Gasteiger partial charge < -0.3 is 24.7 Å². The lowest BCUT2D eigenvalue weighted by molar-refractivity contribution is -0.118. The molecule has 2 N–H and O–H groups in total. The highest BCUT2D eigenvalue weighted by Crippen LogP contribution is 2.37. The summed E-state index contributed by atoms with van der Waals surface area (Å²) in [5.74, 6) is 0.899. The number of nitriles is 1. The van der Waals surface area contributed by atoms with Crippen LogP contribution in [0.3, 0.4) is 0 Å². The molecule has 3 aliphatic rings. The first-order valence-electron chi connectivity index (χ1n) is 12.2. The summed E-state index contributed by atoms with van der Waals surface area (Å²) in [7, 11) is 0. The van der Waals surface area contributed by atoms with Crippen molar-refractivity contribution in [3.63, 3.8) is 0 Å². The lowest BCUT2D eigenvalue weighted by Crippen LogP contribution is -2.46. The van der Waals surface area contributed by atoms with E-state index in [4.69, 9.17) is 14.7 Å². The Hall–Kier alpha value is -4.43. The average molecular weight is 501 g/mol. The van der Waals surface area contributed by atoms with Crippen molar-refractivity contribution in [2.24, 2.45) is 0 Å². The number of rotatable bonds is 5. The summed E-state index contributed by atoms with van der Waals surface area (Å²) in [5, 5.41) is 16.2. The Morgan fingerprint density at radius 3 is 2.89 bits per heavy atom. The topological polar surface area (TPSA) is 139 Å². The minimum absolute atomic E-state index is 0.0594. The molecular weight excluding hydrogens is 476 g/mol. The van der Waals surface area contributed by atoms with Crippen LogP contribution in [0.25, 0.3) is 10.9 Å². The van der Waals surface area contributed by atoms with E-state index in [1.807, 2.05) is 0 Å². The molecule has 3 atom stereocenters. The minimum atomic E-state index is -0.454. The van der Waals surface area contributed by atoms with Gasteiger partial charge in [0.05, 0.1) is 23.2 Å². The van der Waals surface area contributed by atoms with E-state index in [1.54, 1.807) is 45.9 Å². The first-order chi connectivity index (χ1) is 18.0. The summed E-state index contributed by atoms with van der Waals surface area (Å²) < 4.78 is 12.8. The molecule has 2 amide bonds. The molecule has 11 heteroatoms. The van der Waals surface area contributed by atoms with Crippen molar-refractivity contribution in [1.82, 2.24) is 14.9 Å². The molecule has 0 spiro atoms. The summed E-state index contributed by atoms with van der Waals surface area (Å²) in [4.78, 5) is 42.9. The number of carbonyl (C=O) groups excluding carboxylic acids is 2. The van der Waals surface area contributed by atoms with E-state index in [0.29, 0.717) is 42.5 Å². The van der Waals surface area contributed by atoms with Crippen molar-refractivity contribution in [3.8, 4) is 11.8 Å². The monoisotopic (exact) mass is 500 g/mol. The van der Waals surface area contributed by atoms with Crippen LogP contribution < -0.4 is 25.8 Å². The van der Waals surface area contributed by atoms with Crippen LogP contribution in [0.5, 0.6) is 5.75 Å². The third kappa shape index (κ3) is 4.25. The van der Waals surface area contributed by atoms with Gasteiger partial charge in [0.15, 0.2) is 18.2 Å². The Morgan fingerprint density at radius 1 is 1.14 bits per heavy atom. The van der Waals surface area contributed by atoms with Gasteiger partial charge in [0.2, 0.25) is 0 Å². The molecule has 2 fully saturated rings. The van der Waals surface area contributed by atoms with Gasteiger partial charge in [-0.15, -0.1) is 0 Å². The van der Waals surface area contributed by atoms with Gasteiger partial charge >= 0.3 is 6.09 Å². The van der Waals surface area contributed by atoms with Crippen molar-refractivity contribution >= 4 is 34.5 Å². The first kappa shape index (κ1) is 23.0. The second kappa shape index (κ2) is 9.22. The average Bonchev–Trinajstić information content (AvgIpc) is 3.24. The molecular formula is C26H24N6O5. The maximum absolute atomic E-state index is 12.8. The van der Waals surface area contributed by atoms with Crippen molar-refractivity contribution in [2.75, 3.05) is 23.4 Å². The molecule has 1 saturated carbocycles. The standard InChI is InChI=1S/C26H24N6O5/c27-13-15-1-4-18-16(11-15)2-8-24(34)31(18)10-9-28-17-3-5-19-21(12-17)37-26(35)32(19)22-7-6-20-25(29-22)30-23(33)14-36-20/h1-2,4,6-8,11,17,19,21,28H,3,5,9-10,12,14H2,(H,29,30,33)/t17-,19-,21-/m1/s1. The van der Waals surface area contributed by atoms with Crippen LogP contribution in [-0.2, 0) is 16.1 Å². The van der Waals surface area contributed by atoms with Gasteiger partial charge in [-0.25, -0.2) is 9.78 Å². The third-order valence-corrected chi connectivity index (χ3v) is 7.13. The molecule has 6 rings (SSSR count). The number of aromatic nitrogens is 2. The summed E-state index contributed by atoms with van der Waals surface area (Å²) in [5.41, 5.74) is 1.25. The number of amides is 2. The minimum Gasteiger partial charge on any atom is -0.480 e.